The van der Waals surface area contributed by atoms with Gasteiger partial charge in [0.25, 0.3) is 5.91 Å². The van der Waals surface area contributed by atoms with Gasteiger partial charge in [0.15, 0.2) is 0 Å². The highest BCUT2D eigenvalue weighted by Crippen LogP contribution is 2.20. The maximum Gasteiger partial charge on any atom is 0.255 e. The van der Waals surface area contributed by atoms with E-state index in [1.165, 1.54) is 18.2 Å². The van der Waals surface area contributed by atoms with Crippen LogP contribution in [0.1, 0.15) is 16.1 Å². The van der Waals surface area contributed by atoms with Crippen molar-refractivity contribution < 1.29 is 9.18 Å². The molecule has 0 saturated heterocycles. The Morgan fingerprint density at radius 3 is 2.63 bits per heavy atom. The van der Waals surface area contributed by atoms with Crippen LogP contribution in [0.15, 0.2) is 39.4 Å². The third-order valence-corrected chi connectivity index (χ3v) is 3.53. The van der Waals surface area contributed by atoms with Crippen molar-refractivity contribution in [2.24, 2.45) is 0 Å². The Hall–Kier alpha value is -1.27. The molecule has 0 aliphatic rings. The van der Waals surface area contributed by atoms with E-state index in [-0.39, 0.29) is 10.4 Å². The first-order valence-electron chi connectivity index (χ1n) is 5.37. The van der Waals surface area contributed by atoms with Gasteiger partial charge in [-0.2, -0.15) is 0 Å². The van der Waals surface area contributed by atoms with Gasteiger partial charge in [0.05, 0.1) is 15.9 Å². The molecule has 0 atom stereocenters. The van der Waals surface area contributed by atoms with E-state index in [0.717, 1.165) is 0 Å². The molecule has 1 amide bonds. The topological polar surface area (TPSA) is 42.0 Å². The Labute approximate surface area is 126 Å². The normalized spacial score (nSPS) is 10.3. The zero-order chi connectivity index (χ0) is 14.0. The van der Waals surface area contributed by atoms with Crippen LogP contribution < -0.4 is 5.32 Å². The fourth-order valence-electron chi connectivity index (χ4n) is 1.49. The van der Waals surface area contributed by atoms with Crippen molar-refractivity contribution in [1.82, 2.24) is 4.98 Å². The lowest BCUT2D eigenvalue weighted by Crippen LogP contribution is -2.13. The van der Waals surface area contributed by atoms with Gasteiger partial charge in [-0.3, -0.25) is 4.79 Å². The number of anilines is 1. The van der Waals surface area contributed by atoms with Gasteiger partial charge in [-0.25, -0.2) is 9.37 Å². The highest BCUT2D eigenvalue weighted by atomic mass is 79.9. The minimum absolute atomic E-state index is 0.255. The van der Waals surface area contributed by atoms with Gasteiger partial charge in [0, 0.05) is 5.56 Å². The summed E-state index contributed by atoms with van der Waals surface area (Å²) in [6.07, 6.45) is 0. The first kappa shape index (κ1) is 14.1. The van der Waals surface area contributed by atoms with E-state index in [4.69, 9.17) is 0 Å². The standard InChI is InChI=1S/C13H9Br2FN2O/c1-7-11(4-5-12(15)17-7)18-13(19)8-2-3-10(16)9(14)6-8/h2-6H,1H3,(H,18,19). The summed E-state index contributed by atoms with van der Waals surface area (Å²) >= 11 is 6.30. The van der Waals surface area contributed by atoms with Gasteiger partial charge in [-0.15, -0.1) is 0 Å². The van der Waals surface area contributed by atoms with Crippen molar-refractivity contribution in [3.05, 3.63) is 56.5 Å². The molecule has 1 heterocycles. The zero-order valence-corrected chi connectivity index (χ0v) is 13.0. The number of amides is 1. The number of benzene rings is 1. The number of carbonyl (C=O) groups is 1. The van der Waals surface area contributed by atoms with E-state index < -0.39 is 5.82 Å². The number of hydrogen-bond donors (Lipinski definition) is 1. The molecule has 0 aliphatic carbocycles. The van der Waals surface area contributed by atoms with E-state index in [1.54, 1.807) is 19.1 Å². The number of hydrogen-bond acceptors (Lipinski definition) is 2. The molecule has 0 unspecified atom stereocenters. The number of pyridine rings is 1. The molecule has 0 fully saturated rings. The van der Waals surface area contributed by atoms with E-state index >= 15 is 0 Å². The monoisotopic (exact) mass is 386 g/mol. The second-order valence-corrected chi connectivity index (χ2v) is 5.52. The van der Waals surface area contributed by atoms with Crippen LogP contribution in [0, 0.1) is 12.7 Å². The summed E-state index contributed by atoms with van der Waals surface area (Å²) in [5, 5.41) is 2.73. The third kappa shape index (κ3) is 3.39. The minimum atomic E-state index is -0.405. The number of halogens is 3. The Morgan fingerprint density at radius 2 is 2.00 bits per heavy atom. The van der Waals surface area contributed by atoms with Gasteiger partial charge < -0.3 is 5.32 Å². The lowest BCUT2D eigenvalue weighted by molar-refractivity contribution is 0.102. The number of aromatic nitrogens is 1. The van der Waals surface area contributed by atoms with Crippen LogP contribution in [0.5, 0.6) is 0 Å². The Balaban J connectivity index is 2.23. The molecule has 0 aliphatic heterocycles. The molecule has 0 saturated carbocycles. The summed E-state index contributed by atoms with van der Waals surface area (Å²) in [5.74, 6) is -0.717. The fraction of sp³-hybridized carbons (Fsp3) is 0.0769. The molecule has 2 aromatic rings. The molecule has 1 N–H and O–H groups in total. The van der Waals surface area contributed by atoms with Crippen LogP contribution in [0.2, 0.25) is 0 Å². The maximum absolute atomic E-state index is 13.1. The van der Waals surface area contributed by atoms with Gasteiger partial charge in [-0.1, -0.05) is 0 Å². The van der Waals surface area contributed by atoms with Crippen LogP contribution in [0.25, 0.3) is 0 Å². The summed E-state index contributed by atoms with van der Waals surface area (Å²) in [5.41, 5.74) is 1.69. The Bertz CT molecular complexity index is 647. The molecule has 6 heteroatoms. The molecule has 2 rings (SSSR count). The Morgan fingerprint density at radius 1 is 1.26 bits per heavy atom. The first-order valence-corrected chi connectivity index (χ1v) is 6.95. The van der Waals surface area contributed by atoms with E-state index in [1.807, 2.05) is 0 Å². The van der Waals surface area contributed by atoms with Crippen LogP contribution >= 0.6 is 31.9 Å². The first-order chi connectivity index (χ1) is 8.97. The van der Waals surface area contributed by atoms with Crippen LogP contribution in [0.4, 0.5) is 10.1 Å². The van der Waals surface area contributed by atoms with Crippen molar-refractivity contribution in [2.75, 3.05) is 5.32 Å². The number of rotatable bonds is 2. The van der Waals surface area contributed by atoms with E-state index in [2.05, 4.69) is 42.2 Å². The summed E-state index contributed by atoms with van der Waals surface area (Å²) in [7, 11) is 0. The van der Waals surface area contributed by atoms with Crippen molar-refractivity contribution in [3.8, 4) is 0 Å². The molecule has 1 aromatic carbocycles. The number of nitrogens with one attached hydrogen (secondary N) is 1. The van der Waals surface area contributed by atoms with Crippen molar-refractivity contribution in [2.45, 2.75) is 6.92 Å². The van der Waals surface area contributed by atoms with Crippen LogP contribution in [-0.4, -0.2) is 10.9 Å². The van der Waals surface area contributed by atoms with Gasteiger partial charge in [-0.05, 0) is 69.1 Å². The predicted octanol–water partition coefficient (Wildman–Crippen LogP) is 4.31. The Kier molecular flexibility index (Phi) is 4.31. The molecular weight excluding hydrogens is 379 g/mol. The average Bonchev–Trinajstić information content (AvgIpc) is 2.36. The molecule has 1 aromatic heterocycles. The zero-order valence-electron chi connectivity index (χ0n) is 9.88. The van der Waals surface area contributed by atoms with Crippen molar-refractivity contribution in [1.29, 1.82) is 0 Å². The molecule has 98 valence electrons. The maximum atomic E-state index is 13.1. The number of aryl methyl sites for hydroxylation is 1. The van der Waals surface area contributed by atoms with Crippen LogP contribution in [0.3, 0.4) is 0 Å². The summed E-state index contributed by atoms with van der Waals surface area (Å²) in [6, 6.07) is 7.60. The summed E-state index contributed by atoms with van der Waals surface area (Å²) in [4.78, 5) is 16.2. The van der Waals surface area contributed by atoms with Gasteiger partial charge in [0.2, 0.25) is 0 Å². The highest BCUT2D eigenvalue weighted by molar-refractivity contribution is 9.10. The second-order valence-electron chi connectivity index (χ2n) is 3.85. The van der Waals surface area contributed by atoms with Crippen molar-refractivity contribution in [3.63, 3.8) is 0 Å². The summed E-state index contributed by atoms with van der Waals surface area (Å²) in [6.45, 7) is 1.79. The van der Waals surface area contributed by atoms with E-state index in [9.17, 15) is 9.18 Å². The lowest BCUT2D eigenvalue weighted by atomic mass is 10.2. The quantitative estimate of drug-likeness (QED) is 0.780. The van der Waals surface area contributed by atoms with E-state index in [0.29, 0.717) is 21.5 Å². The number of carbonyl (C=O) groups excluding carboxylic acids is 1. The lowest BCUT2D eigenvalue weighted by Gasteiger charge is -2.08. The summed E-state index contributed by atoms with van der Waals surface area (Å²) < 4.78 is 14.1. The average molecular weight is 388 g/mol. The second kappa shape index (κ2) is 5.79. The third-order valence-electron chi connectivity index (χ3n) is 2.48. The molecule has 0 bridgehead atoms. The molecule has 19 heavy (non-hydrogen) atoms. The fourth-order valence-corrected chi connectivity index (χ4v) is 2.27. The largest absolute Gasteiger partial charge is 0.320 e. The van der Waals surface area contributed by atoms with Crippen molar-refractivity contribution >= 4 is 43.5 Å². The van der Waals surface area contributed by atoms with Gasteiger partial charge >= 0.3 is 0 Å². The van der Waals surface area contributed by atoms with Crippen LogP contribution in [-0.2, 0) is 0 Å². The number of nitrogens with zero attached hydrogens (tertiary/aromatic N) is 1. The highest BCUT2D eigenvalue weighted by Gasteiger charge is 2.10. The predicted molar refractivity (Wildman–Crippen MR) is 78.7 cm³/mol. The smallest absolute Gasteiger partial charge is 0.255 e. The molecular formula is C13H9Br2FN2O. The molecule has 3 nitrogen and oxygen atoms in total. The molecule has 0 spiro atoms. The minimum Gasteiger partial charge on any atom is -0.320 e. The molecule has 0 radical (unpaired) electrons. The van der Waals surface area contributed by atoms with Gasteiger partial charge in [0.1, 0.15) is 10.4 Å². The SMILES string of the molecule is Cc1nc(Br)ccc1NC(=O)c1ccc(F)c(Br)c1.